The highest BCUT2D eigenvalue weighted by molar-refractivity contribution is 9.11. The van der Waals surface area contributed by atoms with E-state index in [2.05, 4.69) is 31.9 Å². The molecule has 0 aromatic heterocycles. The van der Waals surface area contributed by atoms with Gasteiger partial charge in [-0.1, -0.05) is 0 Å². The van der Waals surface area contributed by atoms with Crippen molar-refractivity contribution in [2.45, 2.75) is 26.2 Å². The van der Waals surface area contributed by atoms with Crippen molar-refractivity contribution in [3.63, 3.8) is 0 Å². The Labute approximate surface area is 206 Å². The number of thioether (sulfide) groups is 1. The van der Waals surface area contributed by atoms with Crippen molar-refractivity contribution in [2.75, 3.05) is 32.8 Å². The average Bonchev–Trinajstić information content (AvgIpc) is 3.01. The third-order valence-corrected chi connectivity index (χ3v) is 6.92. The lowest BCUT2D eigenvalue weighted by Crippen LogP contribution is -2.44. The molecule has 0 atom stereocenters. The first kappa shape index (κ1) is 24.8. The van der Waals surface area contributed by atoms with Gasteiger partial charge < -0.3 is 14.4 Å². The second-order valence-corrected chi connectivity index (χ2v) is 9.82. The van der Waals surface area contributed by atoms with Gasteiger partial charge in [-0.05, 0) is 93.6 Å². The number of ether oxygens (including phenoxy) is 2. The molecule has 0 unspecified atom stereocenters. The summed E-state index contributed by atoms with van der Waals surface area (Å²) in [7, 11) is 0. The Kier molecular flexibility index (Phi) is 8.78. The molecule has 0 bridgehead atoms. The lowest BCUT2D eigenvalue weighted by molar-refractivity contribution is -0.145. The lowest BCUT2D eigenvalue weighted by Gasteiger charge is -2.27. The zero-order valence-electron chi connectivity index (χ0n) is 17.4. The molecule has 1 aromatic carbocycles. The number of amides is 3. The third-order valence-electron chi connectivity index (χ3n) is 4.83. The summed E-state index contributed by atoms with van der Waals surface area (Å²) in [5.41, 5.74) is 0.639. The van der Waals surface area contributed by atoms with E-state index in [4.69, 9.17) is 9.47 Å². The molecule has 8 nitrogen and oxygen atoms in total. The summed E-state index contributed by atoms with van der Waals surface area (Å²) >= 11 is 7.60. The molecule has 2 fully saturated rings. The van der Waals surface area contributed by atoms with Gasteiger partial charge in [0.25, 0.3) is 11.1 Å². The van der Waals surface area contributed by atoms with E-state index in [9.17, 15) is 19.2 Å². The number of hydrogen-bond acceptors (Lipinski definition) is 7. The van der Waals surface area contributed by atoms with E-state index in [0.717, 1.165) is 35.9 Å². The highest BCUT2D eigenvalue weighted by Crippen LogP contribution is 2.37. The van der Waals surface area contributed by atoms with Gasteiger partial charge in [-0.25, -0.2) is 4.79 Å². The first-order valence-electron chi connectivity index (χ1n) is 10.1. The van der Waals surface area contributed by atoms with Crippen LogP contribution < -0.4 is 4.74 Å². The smallest absolute Gasteiger partial charge is 0.344 e. The predicted octanol–water partition coefficient (Wildman–Crippen LogP) is 4.20. The van der Waals surface area contributed by atoms with Crippen molar-refractivity contribution < 1.29 is 28.7 Å². The van der Waals surface area contributed by atoms with Crippen molar-refractivity contribution in [1.29, 1.82) is 0 Å². The molecule has 0 aliphatic carbocycles. The number of benzene rings is 1. The second-order valence-electron chi connectivity index (χ2n) is 7.12. The maximum Gasteiger partial charge on any atom is 0.344 e. The van der Waals surface area contributed by atoms with E-state index in [-0.39, 0.29) is 30.6 Å². The minimum absolute atomic E-state index is 0.207. The lowest BCUT2D eigenvalue weighted by atomic mass is 10.1. The van der Waals surface area contributed by atoms with Crippen LogP contribution in [0.1, 0.15) is 31.7 Å². The van der Waals surface area contributed by atoms with E-state index < -0.39 is 17.1 Å². The number of imide groups is 1. The molecule has 0 saturated carbocycles. The quantitative estimate of drug-likeness (QED) is 0.347. The number of piperidine rings is 1. The molecule has 2 saturated heterocycles. The van der Waals surface area contributed by atoms with Crippen molar-refractivity contribution in [3.8, 4) is 5.75 Å². The number of esters is 1. The van der Waals surface area contributed by atoms with Gasteiger partial charge in [0.1, 0.15) is 12.3 Å². The van der Waals surface area contributed by atoms with Crippen LogP contribution in [0.15, 0.2) is 26.0 Å². The summed E-state index contributed by atoms with van der Waals surface area (Å²) < 4.78 is 11.5. The van der Waals surface area contributed by atoms with Crippen molar-refractivity contribution >= 4 is 72.7 Å². The van der Waals surface area contributed by atoms with Gasteiger partial charge in [0.2, 0.25) is 5.91 Å². The molecule has 0 spiro atoms. The molecule has 172 valence electrons. The molecular formula is C21H22Br2N2O6S. The summed E-state index contributed by atoms with van der Waals surface area (Å²) in [6.45, 7) is 2.82. The Morgan fingerprint density at radius 3 is 2.41 bits per heavy atom. The first-order chi connectivity index (χ1) is 15.3. The zero-order chi connectivity index (χ0) is 23.3. The number of hydrogen-bond donors (Lipinski definition) is 0. The molecule has 2 aliphatic rings. The van der Waals surface area contributed by atoms with Gasteiger partial charge in [-0.3, -0.25) is 19.3 Å². The minimum Gasteiger partial charge on any atom is -0.480 e. The van der Waals surface area contributed by atoms with Gasteiger partial charge in [-0.2, -0.15) is 0 Å². The van der Waals surface area contributed by atoms with Crippen LogP contribution >= 0.6 is 43.6 Å². The Hall–Kier alpha value is -1.85. The van der Waals surface area contributed by atoms with Crippen molar-refractivity contribution in [2.24, 2.45) is 0 Å². The molecule has 2 aliphatic heterocycles. The predicted molar refractivity (Wildman–Crippen MR) is 127 cm³/mol. The highest BCUT2D eigenvalue weighted by atomic mass is 79.9. The Morgan fingerprint density at radius 2 is 1.78 bits per heavy atom. The summed E-state index contributed by atoms with van der Waals surface area (Å²) in [4.78, 5) is 52.1. The maximum absolute atomic E-state index is 12.8. The van der Waals surface area contributed by atoms with Gasteiger partial charge in [0.15, 0.2) is 6.61 Å². The highest BCUT2D eigenvalue weighted by Gasteiger charge is 2.37. The molecule has 32 heavy (non-hydrogen) atoms. The van der Waals surface area contributed by atoms with Gasteiger partial charge in [0.05, 0.1) is 20.5 Å². The van der Waals surface area contributed by atoms with E-state index in [0.29, 0.717) is 33.3 Å². The molecule has 11 heteroatoms. The second kappa shape index (κ2) is 11.3. The summed E-state index contributed by atoms with van der Waals surface area (Å²) in [6, 6.07) is 3.41. The molecule has 1 aromatic rings. The fourth-order valence-corrected chi connectivity index (χ4v) is 5.59. The number of rotatable bonds is 7. The van der Waals surface area contributed by atoms with Crippen LogP contribution in [0.5, 0.6) is 5.75 Å². The number of halogens is 2. The topological polar surface area (TPSA) is 93.2 Å². The number of nitrogens with zero attached hydrogens (tertiary/aromatic N) is 2. The van der Waals surface area contributed by atoms with Gasteiger partial charge in [-0.15, -0.1) is 0 Å². The van der Waals surface area contributed by atoms with Crippen LogP contribution in [0.2, 0.25) is 0 Å². The molecule has 3 amide bonds. The van der Waals surface area contributed by atoms with Crippen molar-refractivity contribution in [1.82, 2.24) is 9.80 Å². The van der Waals surface area contributed by atoms with Gasteiger partial charge >= 0.3 is 5.97 Å². The van der Waals surface area contributed by atoms with Crippen LogP contribution in [-0.4, -0.2) is 65.7 Å². The molecule has 2 heterocycles. The zero-order valence-corrected chi connectivity index (χ0v) is 21.4. The van der Waals surface area contributed by atoms with Crippen LogP contribution in [0.4, 0.5) is 4.79 Å². The Morgan fingerprint density at radius 1 is 1.12 bits per heavy atom. The van der Waals surface area contributed by atoms with Crippen molar-refractivity contribution in [3.05, 3.63) is 31.5 Å². The van der Waals surface area contributed by atoms with Crippen LogP contribution in [-0.2, 0) is 19.1 Å². The number of carbonyl (C=O) groups excluding carboxylic acids is 4. The Balaban J connectivity index is 1.69. The SMILES string of the molecule is CCOC(=O)COc1c(Br)cc(/C=C2\SC(=O)N(CC(=O)N3CCCCC3)C2=O)cc1Br. The van der Waals surface area contributed by atoms with Crippen LogP contribution in [0.3, 0.4) is 0 Å². The standard InChI is InChI=1S/C21H22Br2N2O6S/c1-2-30-18(27)12-31-19-14(22)8-13(9-15(19)23)10-16-20(28)25(21(29)32-16)11-17(26)24-6-4-3-5-7-24/h8-10H,2-7,11-12H2,1H3/b16-10-. The first-order valence-corrected chi connectivity index (χ1v) is 12.5. The molecule has 0 N–H and O–H groups in total. The maximum atomic E-state index is 12.8. The Bertz CT molecular complexity index is 939. The monoisotopic (exact) mass is 588 g/mol. The third kappa shape index (κ3) is 6.14. The van der Waals surface area contributed by atoms with E-state index in [1.54, 1.807) is 30.0 Å². The van der Waals surface area contributed by atoms with E-state index >= 15 is 0 Å². The fourth-order valence-electron chi connectivity index (χ4n) is 3.30. The molecule has 3 rings (SSSR count). The number of carbonyl (C=O) groups is 4. The normalized spacial score (nSPS) is 17.8. The van der Waals surface area contributed by atoms with Gasteiger partial charge in [0, 0.05) is 13.1 Å². The molecule has 0 radical (unpaired) electrons. The van der Waals surface area contributed by atoms with Crippen LogP contribution in [0.25, 0.3) is 6.08 Å². The minimum atomic E-state index is -0.486. The summed E-state index contributed by atoms with van der Waals surface area (Å²) in [6.07, 6.45) is 4.56. The van der Waals surface area contributed by atoms with E-state index in [1.807, 2.05) is 0 Å². The summed E-state index contributed by atoms with van der Waals surface area (Å²) in [5, 5.41) is -0.459. The van der Waals surface area contributed by atoms with Crippen LogP contribution in [0, 0.1) is 0 Å². The number of likely N-dealkylation sites (tertiary alicyclic amines) is 1. The summed E-state index contributed by atoms with van der Waals surface area (Å²) in [5.74, 6) is -0.763. The molecular weight excluding hydrogens is 568 g/mol. The largest absolute Gasteiger partial charge is 0.480 e. The van der Waals surface area contributed by atoms with E-state index in [1.165, 1.54) is 0 Å². The fraction of sp³-hybridized carbons (Fsp3) is 0.429. The average molecular weight is 590 g/mol.